The normalized spacial score (nSPS) is 23.4. The molecule has 1 aromatic heterocycles. The van der Waals surface area contributed by atoms with Gasteiger partial charge >= 0.3 is 5.97 Å². The maximum Gasteiger partial charge on any atom is 0.309 e. The number of rotatable bonds is 3. The minimum Gasteiger partial charge on any atom is -0.481 e. The Balaban J connectivity index is 2.52. The van der Waals surface area contributed by atoms with Crippen LogP contribution in [0.5, 0.6) is 0 Å². The van der Waals surface area contributed by atoms with E-state index in [1.165, 1.54) is 0 Å². The summed E-state index contributed by atoms with van der Waals surface area (Å²) in [4.78, 5) is 25.5. The zero-order valence-corrected chi connectivity index (χ0v) is 12.3. The highest BCUT2D eigenvalue weighted by atomic mass is 16.4. The molecule has 2 rings (SSSR count). The molecule has 1 amide bonds. The van der Waals surface area contributed by atoms with E-state index in [0.717, 1.165) is 5.69 Å². The monoisotopic (exact) mass is 279 g/mol. The summed E-state index contributed by atoms with van der Waals surface area (Å²) < 4.78 is 1.76. The second-order valence-electron chi connectivity index (χ2n) is 6.10. The van der Waals surface area contributed by atoms with Gasteiger partial charge in [0.1, 0.15) is 0 Å². The lowest BCUT2D eigenvalue weighted by Crippen LogP contribution is -2.45. The van der Waals surface area contributed by atoms with E-state index in [1.807, 2.05) is 27.7 Å². The first kappa shape index (κ1) is 14.6. The minimum absolute atomic E-state index is 0.0478. The summed E-state index contributed by atoms with van der Waals surface area (Å²) in [7, 11) is 0. The van der Waals surface area contributed by atoms with Gasteiger partial charge in [-0.25, -0.2) is 0 Å². The second-order valence-corrected chi connectivity index (χ2v) is 6.10. The van der Waals surface area contributed by atoms with Crippen molar-refractivity contribution < 1.29 is 14.7 Å². The number of carbonyl (C=O) groups is 2. The lowest BCUT2D eigenvalue weighted by atomic mass is 9.95. The molecule has 1 N–H and O–H groups in total. The van der Waals surface area contributed by atoms with Crippen molar-refractivity contribution in [3.63, 3.8) is 0 Å². The van der Waals surface area contributed by atoms with Gasteiger partial charge in [-0.05, 0) is 33.8 Å². The van der Waals surface area contributed by atoms with Gasteiger partial charge in [-0.1, -0.05) is 0 Å². The van der Waals surface area contributed by atoms with Crippen molar-refractivity contribution in [1.29, 1.82) is 0 Å². The molecule has 0 aromatic carbocycles. The number of nitrogens with zero attached hydrogens (tertiary/aromatic N) is 3. The molecule has 6 nitrogen and oxygen atoms in total. The van der Waals surface area contributed by atoms with Gasteiger partial charge < -0.3 is 10.0 Å². The average Bonchev–Trinajstić information content (AvgIpc) is 2.90. The number of aliphatic carboxylic acids is 1. The summed E-state index contributed by atoms with van der Waals surface area (Å²) >= 11 is 0. The standard InChI is InChI=1S/C14H21N3O3/c1-5-16-10(6-7-15-16)12-9(13(19)20)8-11(18)17(12)14(2,3)4/h6-7,9,12H,5,8H2,1-4H3,(H,19,20). The molecule has 20 heavy (non-hydrogen) atoms. The quantitative estimate of drug-likeness (QED) is 0.913. The van der Waals surface area contributed by atoms with Gasteiger partial charge in [0.2, 0.25) is 5.91 Å². The fourth-order valence-corrected chi connectivity index (χ4v) is 2.94. The molecule has 0 aliphatic carbocycles. The Bertz CT molecular complexity index is 530. The van der Waals surface area contributed by atoms with Gasteiger partial charge in [0, 0.05) is 24.7 Å². The van der Waals surface area contributed by atoms with Crippen LogP contribution < -0.4 is 0 Å². The van der Waals surface area contributed by atoms with E-state index in [0.29, 0.717) is 6.54 Å². The summed E-state index contributed by atoms with van der Waals surface area (Å²) in [6.45, 7) is 8.38. The molecule has 1 aliphatic rings. The van der Waals surface area contributed by atoms with Crippen molar-refractivity contribution in [3.8, 4) is 0 Å². The number of amides is 1. The Morgan fingerprint density at radius 2 is 2.15 bits per heavy atom. The lowest BCUT2D eigenvalue weighted by molar-refractivity contribution is -0.143. The molecule has 1 fully saturated rings. The van der Waals surface area contributed by atoms with E-state index in [4.69, 9.17) is 0 Å². The van der Waals surface area contributed by atoms with Gasteiger partial charge in [-0.15, -0.1) is 0 Å². The highest BCUT2D eigenvalue weighted by Crippen LogP contribution is 2.42. The summed E-state index contributed by atoms with van der Waals surface area (Å²) in [5.74, 6) is -1.76. The molecule has 0 radical (unpaired) electrons. The maximum absolute atomic E-state index is 12.3. The van der Waals surface area contributed by atoms with Crippen molar-refractivity contribution in [2.24, 2.45) is 5.92 Å². The van der Waals surface area contributed by atoms with Crippen LogP contribution in [0.2, 0.25) is 0 Å². The Morgan fingerprint density at radius 1 is 1.50 bits per heavy atom. The molecular weight excluding hydrogens is 258 g/mol. The van der Waals surface area contributed by atoms with E-state index >= 15 is 0 Å². The van der Waals surface area contributed by atoms with Crippen LogP contribution >= 0.6 is 0 Å². The Hall–Kier alpha value is -1.85. The molecule has 110 valence electrons. The number of carboxylic acids is 1. The van der Waals surface area contributed by atoms with Crippen LogP contribution in [0.4, 0.5) is 0 Å². The number of likely N-dealkylation sites (tertiary alicyclic amines) is 1. The van der Waals surface area contributed by atoms with Crippen LogP contribution in [-0.4, -0.2) is 37.2 Å². The maximum atomic E-state index is 12.3. The van der Waals surface area contributed by atoms with Crippen LogP contribution in [0.25, 0.3) is 0 Å². The third kappa shape index (κ3) is 2.30. The summed E-state index contributed by atoms with van der Waals surface area (Å²) in [5, 5.41) is 13.6. The summed E-state index contributed by atoms with van der Waals surface area (Å²) in [5.41, 5.74) is 0.370. The number of hydrogen-bond acceptors (Lipinski definition) is 3. The number of carboxylic acid groups (broad SMARTS) is 1. The molecule has 0 bridgehead atoms. The lowest BCUT2D eigenvalue weighted by Gasteiger charge is -2.38. The number of aromatic nitrogens is 2. The number of hydrogen-bond donors (Lipinski definition) is 1. The zero-order valence-electron chi connectivity index (χ0n) is 12.3. The molecule has 0 spiro atoms. The molecule has 1 aromatic rings. The minimum atomic E-state index is -0.932. The molecule has 1 aliphatic heterocycles. The average molecular weight is 279 g/mol. The Labute approximate surface area is 118 Å². The van der Waals surface area contributed by atoms with E-state index in [1.54, 1.807) is 21.8 Å². The summed E-state index contributed by atoms with van der Waals surface area (Å²) in [6, 6.07) is 1.35. The van der Waals surface area contributed by atoms with E-state index in [2.05, 4.69) is 5.10 Å². The van der Waals surface area contributed by atoms with Crippen LogP contribution in [0.3, 0.4) is 0 Å². The van der Waals surface area contributed by atoms with Crippen molar-refractivity contribution in [1.82, 2.24) is 14.7 Å². The van der Waals surface area contributed by atoms with Gasteiger partial charge in [0.15, 0.2) is 0 Å². The predicted molar refractivity (Wildman–Crippen MR) is 73.0 cm³/mol. The fourth-order valence-electron chi connectivity index (χ4n) is 2.94. The third-order valence-electron chi connectivity index (χ3n) is 3.71. The first-order valence-electron chi connectivity index (χ1n) is 6.84. The first-order valence-corrected chi connectivity index (χ1v) is 6.84. The first-order chi connectivity index (χ1) is 9.27. The Kier molecular flexibility index (Phi) is 3.58. The van der Waals surface area contributed by atoms with E-state index in [9.17, 15) is 14.7 Å². The molecular formula is C14H21N3O3. The Morgan fingerprint density at radius 3 is 2.65 bits per heavy atom. The topological polar surface area (TPSA) is 75.4 Å². The van der Waals surface area contributed by atoms with Crippen LogP contribution in [0, 0.1) is 5.92 Å². The van der Waals surface area contributed by atoms with Crippen molar-refractivity contribution in [2.45, 2.75) is 52.2 Å². The molecule has 6 heteroatoms. The SMILES string of the molecule is CCn1nccc1C1C(C(=O)O)CC(=O)N1C(C)(C)C. The molecule has 2 atom stereocenters. The summed E-state index contributed by atoms with van der Waals surface area (Å²) in [6.07, 6.45) is 1.70. The van der Waals surface area contributed by atoms with Crippen molar-refractivity contribution >= 4 is 11.9 Å². The third-order valence-corrected chi connectivity index (χ3v) is 3.71. The number of aryl methyl sites for hydroxylation is 1. The second kappa shape index (κ2) is 4.92. The largest absolute Gasteiger partial charge is 0.481 e. The molecule has 2 unspecified atom stereocenters. The molecule has 0 saturated carbocycles. The van der Waals surface area contributed by atoms with Gasteiger partial charge in [-0.3, -0.25) is 14.3 Å². The highest BCUT2D eigenvalue weighted by molar-refractivity contribution is 5.87. The molecule has 1 saturated heterocycles. The predicted octanol–water partition coefficient (Wildman–Crippen LogP) is 1.68. The van der Waals surface area contributed by atoms with E-state index < -0.39 is 23.5 Å². The highest BCUT2D eigenvalue weighted by Gasteiger charge is 2.49. The van der Waals surface area contributed by atoms with Crippen molar-refractivity contribution in [2.75, 3.05) is 0 Å². The van der Waals surface area contributed by atoms with Crippen molar-refractivity contribution in [3.05, 3.63) is 18.0 Å². The van der Waals surface area contributed by atoms with Crippen LogP contribution in [0.15, 0.2) is 12.3 Å². The zero-order chi connectivity index (χ0) is 15.1. The van der Waals surface area contributed by atoms with Crippen LogP contribution in [-0.2, 0) is 16.1 Å². The van der Waals surface area contributed by atoms with Gasteiger partial charge in [-0.2, -0.15) is 5.10 Å². The van der Waals surface area contributed by atoms with Gasteiger partial charge in [0.25, 0.3) is 0 Å². The van der Waals surface area contributed by atoms with Gasteiger partial charge in [0.05, 0.1) is 17.7 Å². The smallest absolute Gasteiger partial charge is 0.309 e. The molecule has 2 heterocycles. The number of carbonyl (C=O) groups excluding carboxylic acids is 1. The fraction of sp³-hybridized carbons (Fsp3) is 0.643. The van der Waals surface area contributed by atoms with E-state index in [-0.39, 0.29) is 12.3 Å². The van der Waals surface area contributed by atoms with Crippen LogP contribution in [0.1, 0.15) is 45.9 Å².